The van der Waals surface area contributed by atoms with Gasteiger partial charge in [0.05, 0.1) is 5.56 Å². The first kappa shape index (κ1) is 22.3. The largest absolute Gasteiger partial charge is 0.423 e. The highest BCUT2D eigenvalue weighted by Crippen LogP contribution is 2.27. The van der Waals surface area contributed by atoms with E-state index in [1.807, 2.05) is 65.6 Å². The lowest BCUT2D eigenvalue weighted by Gasteiger charge is -2.17. The number of thiocarbonyl (C=S) groups is 2. The standard InChI is InChI=1S/C27H25NO2S2/c1-2-3-4-8-17-28-25(31)23-16-13-21(18-24(23)26(28)32)27(29)30-22-14-11-20(12-15-22)19-9-6-5-7-10-19/h5-7,9-16,18H,2-4,8,17H2,1H3. The zero-order chi connectivity index (χ0) is 22.5. The molecule has 0 bridgehead atoms. The molecule has 0 radical (unpaired) electrons. The number of fused-ring (bicyclic) bond motifs is 1. The van der Waals surface area contributed by atoms with Crippen LogP contribution in [-0.2, 0) is 0 Å². The van der Waals surface area contributed by atoms with Crippen molar-refractivity contribution in [3.8, 4) is 16.9 Å². The van der Waals surface area contributed by atoms with Gasteiger partial charge < -0.3 is 9.64 Å². The molecule has 162 valence electrons. The quantitative estimate of drug-likeness (QED) is 0.160. The minimum atomic E-state index is -0.407. The normalized spacial score (nSPS) is 12.7. The highest BCUT2D eigenvalue weighted by molar-refractivity contribution is 7.82. The van der Waals surface area contributed by atoms with E-state index in [0.29, 0.717) is 16.3 Å². The Balaban J connectivity index is 1.44. The van der Waals surface area contributed by atoms with Crippen LogP contribution in [0.25, 0.3) is 11.1 Å². The topological polar surface area (TPSA) is 29.5 Å². The Morgan fingerprint density at radius 1 is 0.812 bits per heavy atom. The van der Waals surface area contributed by atoms with Crippen molar-refractivity contribution >= 4 is 40.4 Å². The van der Waals surface area contributed by atoms with Crippen LogP contribution in [0.5, 0.6) is 5.75 Å². The number of benzene rings is 3. The number of hydrogen-bond donors (Lipinski definition) is 0. The van der Waals surface area contributed by atoms with Gasteiger partial charge in [0.25, 0.3) is 0 Å². The second kappa shape index (κ2) is 10.2. The molecule has 1 aliphatic heterocycles. The Morgan fingerprint density at radius 3 is 2.22 bits per heavy atom. The third-order valence-electron chi connectivity index (χ3n) is 5.61. The number of carbonyl (C=O) groups is 1. The second-order valence-electron chi connectivity index (χ2n) is 7.86. The Kier molecular flexibility index (Phi) is 7.08. The second-order valence-corrected chi connectivity index (χ2v) is 8.64. The average Bonchev–Trinajstić information content (AvgIpc) is 3.07. The van der Waals surface area contributed by atoms with Gasteiger partial charge in [-0.05, 0) is 41.8 Å². The molecule has 3 aromatic rings. The fourth-order valence-corrected chi connectivity index (χ4v) is 4.60. The number of rotatable bonds is 8. The Hall–Kier alpha value is -2.89. The fraction of sp³-hybridized carbons (Fsp3) is 0.222. The van der Waals surface area contributed by atoms with Crippen LogP contribution in [-0.4, -0.2) is 27.4 Å². The molecule has 0 spiro atoms. The summed E-state index contributed by atoms with van der Waals surface area (Å²) in [7, 11) is 0. The predicted octanol–water partition coefficient (Wildman–Crippen LogP) is 6.82. The molecule has 32 heavy (non-hydrogen) atoms. The van der Waals surface area contributed by atoms with Crippen LogP contribution in [0.3, 0.4) is 0 Å². The number of esters is 1. The molecule has 5 heteroatoms. The Bertz CT molecular complexity index is 1140. The molecule has 4 rings (SSSR count). The molecule has 0 aliphatic carbocycles. The van der Waals surface area contributed by atoms with E-state index in [-0.39, 0.29) is 0 Å². The van der Waals surface area contributed by atoms with Crippen LogP contribution in [0.1, 0.15) is 54.1 Å². The van der Waals surface area contributed by atoms with Gasteiger partial charge in [-0.3, -0.25) is 0 Å². The molecule has 1 heterocycles. The molecule has 3 aromatic carbocycles. The predicted molar refractivity (Wildman–Crippen MR) is 138 cm³/mol. The maximum absolute atomic E-state index is 12.8. The Labute approximate surface area is 200 Å². The summed E-state index contributed by atoms with van der Waals surface area (Å²) in [6.45, 7) is 3.01. The number of hydrogen-bond acceptors (Lipinski definition) is 4. The van der Waals surface area contributed by atoms with E-state index in [4.69, 9.17) is 29.2 Å². The molecule has 0 saturated heterocycles. The van der Waals surface area contributed by atoms with E-state index in [0.717, 1.165) is 46.6 Å². The first-order chi connectivity index (χ1) is 15.6. The SMILES string of the molecule is CCCCCCN1C(=S)c2ccc(C(=O)Oc3ccc(-c4ccccc4)cc3)cc2C1=S. The fourth-order valence-electron chi connectivity index (χ4n) is 3.83. The number of carbonyl (C=O) groups excluding carboxylic acids is 1. The summed E-state index contributed by atoms with van der Waals surface area (Å²) in [5.41, 5.74) is 4.42. The summed E-state index contributed by atoms with van der Waals surface area (Å²) in [6, 6.07) is 23.0. The van der Waals surface area contributed by atoms with Gasteiger partial charge in [0.1, 0.15) is 15.7 Å². The van der Waals surface area contributed by atoms with Gasteiger partial charge >= 0.3 is 5.97 Å². The van der Waals surface area contributed by atoms with Gasteiger partial charge in [-0.15, -0.1) is 0 Å². The summed E-state index contributed by atoms with van der Waals surface area (Å²) < 4.78 is 5.60. The van der Waals surface area contributed by atoms with Gasteiger partial charge in [-0.1, -0.05) is 99.2 Å². The molecule has 0 saturated carbocycles. The summed E-state index contributed by atoms with van der Waals surface area (Å²) in [5, 5.41) is 0. The van der Waals surface area contributed by atoms with E-state index in [1.54, 1.807) is 12.1 Å². The lowest BCUT2D eigenvalue weighted by Crippen LogP contribution is -2.29. The maximum atomic E-state index is 12.8. The van der Waals surface area contributed by atoms with E-state index in [1.165, 1.54) is 12.8 Å². The lowest BCUT2D eigenvalue weighted by molar-refractivity contribution is 0.0735. The Morgan fingerprint density at radius 2 is 1.50 bits per heavy atom. The number of unbranched alkanes of at least 4 members (excludes halogenated alkanes) is 3. The highest BCUT2D eigenvalue weighted by Gasteiger charge is 2.29. The number of nitrogens with zero attached hydrogens (tertiary/aromatic N) is 1. The molecule has 0 fully saturated rings. The average molecular weight is 460 g/mol. The van der Waals surface area contributed by atoms with Crippen molar-refractivity contribution < 1.29 is 9.53 Å². The van der Waals surface area contributed by atoms with Crippen LogP contribution in [0.2, 0.25) is 0 Å². The lowest BCUT2D eigenvalue weighted by atomic mass is 10.1. The maximum Gasteiger partial charge on any atom is 0.343 e. The van der Waals surface area contributed by atoms with Crippen molar-refractivity contribution in [1.82, 2.24) is 4.90 Å². The van der Waals surface area contributed by atoms with Crippen LogP contribution >= 0.6 is 24.4 Å². The van der Waals surface area contributed by atoms with Crippen LogP contribution in [0.15, 0.2) is 72.8 Å². The zero-order valence-electron chi connectivity index (χ0n) is 18.0. The van der Waals surface area contributed by atoms with E-state index in [9.17, 15) is 4.79 Å². The van der Waals surface area contributed by atoms with Gasteiger partial charge in [0.15, 0.2) is 0 Å². The molecule has 1 aliphatic rings. The molecular weight excluding hydrogens is 434 g/mol. The molecule has 0 N–H and O–H groups in total. The van der Waals surface area contributed by atoms with E-state index < -0.39 is 5.97 Å². The van der Waals surface area contributed by atoms with Crippen molar-refractivity contribution in [2.75, 3.05) is 6.54 Å². The van der Waals surface area contributed by atoms with E-state index in [2.05, 4.69) is 6.92 Å². The van der Waals surface area contributed by atoms with Crippen LogP contribution < -0.4 is 4.74 Å². The molecule has 3 nitrogen and oxygen atoms in total. The van der Waals surface area contributed by atoms with Crippen LogP contribution in [0, 0.1) is 0 Å². The summed E-state index contributed by atoms with van der Waals surface area (Å²) in [4.78, 5) is 16.2. The molecule has 0 aromatic heterocycles. The van der Waals surface area contributed by atoms with Gasteiger partial charge in [0, 0.05) is 17.7 Å². The first-order valence-corrected chi connectivity index (χ1v) is 11.8. The minimum Gasteiger partial charge on any atom is -0.423 e. The molecule has 0 atom stereocenters. The monoisotopic (exact) mass is 459 g/mol. The van der Waals surface area contributed by atoms with Crippen molar-refractivity contribution in [3.63, 3.8) is 0 Å². The van der Waals surface area contributed by atoms with Crippen molar-refractivity contribution in [2.24, 2.45) is 0 Å². The molecule has 0 unspecified atom stereocenters. The van der Waals surface area contributed by atoms with Crippen molar-refractivity contribution in [3.05, 3.63) is 89.5 Å². The summed E-state index contributed by atoms with van der Waals surface area (Å²) >= 11 is 11.3. The van der Waals surface area contributed by atoms with Crippen molar-refractivity contribution in [1.29, 1.82) is 0 Å². The summed E-state index contributed by atoms with van der Waals surface area (Å²) in [6.07, 6.45) is 4.61. The van der Waals surface area contributed by atoms with Gasteiger partial charge in [-0.2, -0.15) is 0 Å². The molecule has 0 amide bonds. The zero-order valence-corrected chi connectivity index (χ0v) is 19.7. The third kappa shape index (κ3) is 4.79. The van der Waals surface area contributed by atoms with Gasteiger partial charge in [0.2, 0.25) is 0 Å². The van der Waals surface area contributed by atoms with Crippen LogP contribution in [0.4, 0.5) is 0 Å². The van der Waals surface area contributed by atoms with E-state index >= 15 is 0 Å². The van der Waals surface area contributed by atoms with Gasteiger partial charge in [-0.25, -0.2) is 4.79 Å². The smallest absolute Gasteiger partial charge is 0.343 e. The highest BCUT2D eigenvalue weighted by atomic mass is 32.1. The number of ether oxygens (including phenoxy) is 1. The third-order valence-corrected chi connectivity index (χ3v) is 6.49. The molecular formula is C27H25NO2S2. The first-order valence-electron chi connectivity index (χ1n) is 11.0. The minimum absolute atomic E-state index is 0.407. The van der Waals surface area contributed by atoms with Crippen molar-refractivity contribution in [2.45, 2.75) is 32.6 Å². The summed E-state index contributed by atoms with van der Waals surface area (Å²) in [5.74, 6) is 0.0983.